The summed E-state index contributed by atoms with van der Waals surface area (Å²) in [6.07, 6.45) is 5.65. The minimum absolute atomic E-state index is 0.120. The highest BCUT2D eigenvalue weighted by Gasteiger charge is 2.28. The minimum atomic E-state index is -0.312. The summed E-state index contributed by atoms with van der Waals surface area (Å²) in [5.41, 5.74) is 4.99. The summed E-state index contributed by atoms with van der Waals surface area (Å²) in [6.45, 7) is 2.18. The van der Waals surface area contributed by atoms with Gasteiger partial charge in [-0.15, -0.1) is 0 Å². The maximum absolute atomic E-state index is 12.1. The lowest BCUT2D eigenvalue weighted by atomic mass is 9.98. The largest absolute Gasteiger partial charge is 0.449 e. The van der Waals surface area contributed by atoms with Crippen molar-refractivity contribution in [2.45, 2.75) is 44.1 Å². The van der Waals surface area contributed by atoms with Crippen molar-refractivity contribution in [3.05, 3.63) is 59.7 Å². The molecule has 4 heteroatoms. The molecule has 1 amide bonds. The van der Waals surface area contributed by atoms with Gasteiger partial charge in [-0.1, -0.05) is 55.0 Å². The van der Waals surface area contributed by atoms with Gasteiger partial charge in [0.25, 0.3) is 0 Å². The zero-order valence-electron chi connectivity index (χ0n) is 15.7. The van der Waals surface area contributed by atoms with Crippen LogP contribution in [0.25, 0.3) is 11.1 Å². The van der Waals surface area contributed by atoms with Crippen molar-refractivity contribution < 1.29 is 9.53 Å². The molecule has 0 aromatic heterocycles. The maximum Gasteiger partial charge on any atom is 0.407 e. The number of rotatable bonds is 6. The van der Waals surface area contributed by atoms with Crippen LogP contribution in [-0.4, -0.2) is 31.8 Å². The van der Waals surface area contributed by atoms with Gasteiger partial charge in [0.2, 0.25) is 0 Å². The van der Waals surface area contributed by atoms with Gasteiger partial charge >= 0.3 is 6.09 Å². The second kappa shape index (κ2) is 8.57. The first-order valence-corrected chi connectivity index (χ1v) is 10.1. The second-order valence-electron chi connectivity index (χ2n) is 7.54. The molecule has 1 aliphatic carbocycles. The highest BCUT2D eigenvalue weighted by molar-refractivity contribution is 5.79. The van der Waals surface area contributed by atoms with E-state index in [4.69, 9.17) is 4.74 Å². The van der Waals surface area contributed by atoms with E-state index in [2.05, 4.69) is 59.2 Å². The third kappa shape index (κ3) is 4.16. The molecule has 2 aromatic carbocycles. The van der Waals surface area contributed by atoms with E-state index in [1.807, 2.05) is 0 Å². The molecule has 1 saturated heterocycles. The van der Waals surface area contributed by atoms with Crippen LogP contribution in [0.3, 0.4) is 0 Å². The van der Waals surface area contributed by atoms with Crippen molar-refractivity contribution >= 4 is 6.09 Å². The number of carbonyl (C=O) groups is 1. The lowest BCUT2D eigenvalue weighted by Crippen LogP contribution is -2.35. The highest BCUT2D eigenvalue weighted by atomic mass is 16.5. The molecule has 2 N–H and O–H groups in total. The third-order valence-corrected chi connectivity index (χ3v) is 5.75. The molecule has 2 aliphatic rings. The van der Waals surface area contributed by atoms with Crippen LogP contribution in [0.1, 0.15) is 49.1 Å². The smallest absolute Gasteiger partial charge is 0.407 e. The van der Waals surface area contributed by atoms with Crippen LogP contribution in [0.15, 0.2) is 48.5 Å². The molecule has 0 radical (unpaired) electrons. The van der Waals surface area contributed by atoms with Crippen LogP contribution >= 0.6 is 0 Å². The van der Waals surface area contributed by atoms with Crippen LogP contribution in [0.2, 0.25) is 0 Å². The molecule has 1 fully saturated rings. The monoisotopic (exact) mass is 364 g/mol. The summed E-state index contributed by atoms with van der Waals surface area (Å²) in [6, 6.07) is 17.4. The van der Waals surface area contributed by atoms with Crippen LogP contribution < -0.4 is 10.6 Å². The topological polar surface area (TPSA) is 50.4 Å². The van der Waals surface area contributed by atoms with Crippen molar-refractivity contribution in [2.75, 3.05) is 19.7 Å². The number of benzene rings is 2. The summed E-state index contributed by atoms with van der Waals surface area (Å²) in [5, 5.41) is 6.45. The molecule has 0 spiro atoms. The minimum Gasteiger partial charge on any atom is -0.449 e. The second-order valence-corrected chi connectivity index (χ2v) is 7.54. The summed E-state index contributed by atoms with van der Waals surface area (Å²) in [5.74, 6) is 0.120. The molecule has 1 atom stereocenters. The predicted molar refractivity (Wildman–Crippen MR) is 108 cm³/mol. The summed E-state index contributed by atoms with van der Waals surface area (Å²) in [7, 11) is 0. The van der Waals surface area contributed by atoms with Crippen molar-refractivity contribution in [1.82, 2.24) is 10.6 Å². The number of hydrogen-bond donors (Lipinski definition) is 2. The van der Waals surface area contributed by atoms with Crippen LogP contribution in [-0.2, 0) is 4.74 Å². The molecule has 1 unspecified atom stereocenters. The van der Waals surface area contributed by atoms with Gasteiger partial charge < -0.3 is 15.4 Å². The van der Waals surface area contributed by atoms with E-state index in [1.165, 1.54) is 41.5 Å². The summed E-state index contributed by atoms with van der Waals surface area (Å²) >= 11 is 0. The lowest BCUT2D eigenvalue weighted by Gasteiger charge is -2.23. The molecule has 1 aliphatic heterocycles. The van der Waals surface area contributed by atoms with E-state index in [0.717, 1.165) is 19.4 Å². The summed E-state index contributed by atoms with van der Waals surface area (Å²) < 4.78 is 5.57. The average Bonchev–Trinajstić information content (AvgIpc) is 3.04. The van der Waals surface area contributed by atoms with Crippen molar-refractivity contribution in [3.63, 3.8) is 0 Å². The standard InChI is InChI=1S/C23H28N2O2/c26-23(25-15-7-9-17-8-5-6-14-24-17)27-16-22-20-12-3-1-10-18(20)19-11-2-4-13-21(19)22/h1-4,10-13,17,22,24H,5-9,14-16H2,(H,25,26). The molecule has 27 heavy (non-hydrogen) atoms. The molecule has 0 saturated carbocycles. The quantitative estimate of drug-likeness (QED) is 0.745. The zero-order chi connectivity index (χ0) is 18.5. The Morgan fingerprint density at radius 3 is 2.41 bits per heavy atom. The molecule has 2 aromatic rings. The Morgan fingerprint density at radius 2 is 1.74 bits per heavy atom. The van der Waals surface area contributed by atoms with Gasteiger partial charge in [-0.2, -0.15) is 0 Å². The van der Waals surface area contributed by atoms with E-state index in [0.29, 0.717) is 19.2 Å². The molecule has 4 nitrogen and oxygen atoms in total. The number of alkyl carbamates (subject to hydrolysis) is 1. The fourth-order valence-electron chi connectivity index (χ4n) is 4.36. The van der Waals surface area contributed by atoms with E-state index in [9.17, 15) is 4.79 Å². The van der Waals surface area contributed by atoms with Gasteiger partial charge in [0, 0.05) is 18.5 Å². The Hall–Kier alpha value is -2.33. The van der Waals surface area contributed by atoms with Crippen LogP contribution in [0, 0.1) is 0 Å². The molecule has 0 bridgehead atoms. The number of hydrogen-bond acceptors (Lipinski definition) is 3. The van der Waals surface area contributed by atoms with Gasteiger partial charge in [-0.05, 0) is 54.5 Å². The van der Waals surface area contributed by atoms with Crippen LogP contribution in [0.5, 0.6) is 0 Å². The number of fused-ring (bicyclic) bond motifs is 3. The van der Waals surface area contributed by atoms with E-state index in [1.54, 1.807) is 0 Å². The Balaban J connectivity index is 1.26. The van der Waals surface area contributed by atoms with Crippen LogP contribution in [0.4, 0.5) is 4.79 Å². The van der Waals surface area contributed by atoms with Gasteiger partial charge in [-0.3, -0.25) is 0 Å². The Kier molecular flexibility index (Phi) is 5.73. The zero-order valence-corrected chi connectivity index (χ0v) is 15.7. The Bertz CT molecular complexity index is 738. The fourth-order valence-corrected chi connectivity index (χ4v) is 4.36. The van der Waals surface area contributed by atoms with E-state index >= 15 is 0 Å². The maximum atomic E-state index is 12.1. The normalized spacial score (nSPS) is 18.6. The average molecular weight is 364 g/mol. The van der Waals surface area contributed by atoms with E-state index < -0.39 is 0 Å². The van der Waals surface area contributed by atoms with Crippen molar-refractivity contribution in [3.8, 4) is 11.1 Å². The van der Waals surface area contributed by atoms with Gasteiger partial charge in [0.1, 0.15) is 6.61 Å². The Labute approximate surface area is 161 Å². The number of carbonyl (C=O) groups excluding carboxylic acids is 1. The first-order valence-electron chi connectivity index (χ1n) is 10.1. The van der Waals surface area contributed by atoms with Gasteiger partial charge in [0.15, 0.2) is 0 Å². The number of piperidine rings is 1. The first-order chi connectivity index (χ1) is 13.3. The number of ether oxygens (including phenoxy) is 1. The van der Waals surface area contributed by atoms with Crippen molar-refractivity contribution in [2.24, 2.45) is 0 Å². The molecule has 1 heterocycles. The Morgan fingerprint density at radius 1 is 1.04 bits per heavy atom. The van der Waals surface area contributed by atoms with Gasteiger partial charge in [-0.25, -0.2) is 4.79 Å². The third-order valence-electron chi connectivity index (χ3n) is 5.75. The highest BCUT2D eigenvalue weighted by Crippen LogP contribution is 2.44. The molecule has 4 rings (SSSR count). The SMILES string of the molecule is O=C(NCCCC1CCCCN1)OCC1c2ccccc2-c2ccccc21. The van der Waals surface area contributed by atoms with Crippen molar-refractivity contribution in [1.29, 1.82) is 0 Å². The van der Waals surface area contributed by atoms with Gasteiger partial charge in [0.05, 0.1) is 0 Å². The predicted octanol–water partition coefficient (Wildman–Crippen LogP) is 4.45. The number of nitrogens with one attached hydrogen (secondary N) is 2. The first kappa shape index (κ1) is 18.1. The molecular weight excluding hydrogens is 336 g/mol. The van der Waals surface area contributed by atoms with E-state index in [-0.39, 0.29) is 12.0 Å². The summed E-state index contributed by atoms with van der Waals surface area (Å²) in [4.78, 5) is 12.1. The molecular formula is C23H28N2O2. The fraction of sp³-hybridized carbons (Fsp3) is 0.435. The lowest BCUT2D eigenvalue weighted by molar-refractivity contribution is 0.142. The number of amides is 1. The molecule has 142 valence electrons.